The monoisotopic (exact) mass is 193 g/mol. The molecule has 0 saturated carbocycles. The molecule has 2 aromatic heterocycles. The van der Waals surface area contributed by atoms with Crippen LogP contribution >= 0.6 is 11.3 Å². The zero-order chi connectivity index (χ0) is 9.42. The van der Waals surface area contributed by atoms with Gasteiger partial charge in [-0.2, -0.15) is 0 Å². The number of aromatic nitrogens is 2. The second kappa shape index (κ2) is 2.96. The average molecular weight is 193 g/mol. The highest BCUT2D eigenvalue weighted by Crippen LogP contribution is 2.29. The highest BCUT2D eigenvalue weighted by molar-refractivity contribution is 7.17. The molecule has 4 heteroatoms. The lowest BCUT2D eigenvalue weighted by molar-refractivity contribution is 0.877. The summed E-state index contributed by atoms with van der Waals surface area (Å²) in [6.07, 6.45) is 1.79. The van der Waals surface area contributed by atoms with E-state index < -0.39 is 0 Å². The number of hydrogen-bond donors (Lipinski definition) is 1. The van der Waals surface area contributed by atoms with E-state index in [-0.39, 0.29) is 0 Å². The summed E-state index contributed by atoms with van der Waals surface area (Å²) in [6.45, 7) is 4.31. The molecule has 3 nitrogen and oxygen atoms in total. The number of nitrogens with zero attached hydrogens (tertiary/aromatic N) is 2. The van der Waals surface area contributed by atoms with Gasteiger partial charge in [-0.3, -0.25) is 0 Å². The van der Waals surface area contributed by atoms with Gasteiger partial charge < -0.3 is 5.73 Å². The molecule has 0 unspecified atom stereocenters. The molecule has 2 rings (SSSR count). The van der Waals surface area contributed by atoms with Crippen molar-refractivity contribution in [1.82, 2.24) is 9.97 Å². The van der Waals surface area contributed by atoms with Crippen LogP contribution in [0.15, 0.2) is 11.6 Å². The maximum absolute atomic E-state index is 5.53. The van der Waals surface area contributed by atoms with E-state index in [1.54, 1.807) is 17.5 Å². The lowest BCUT2D eigenvalue weighted by Gasteiger charge is -2.01. The van der Waals surface area contributed by atoms with Gasteiger partial charge in [-0.25, -0.2) is 9.97 Å². The molecular weight excluding hydrogens is 182 g/mol. The van der Waals surface area contributed by atoms with Crippen LogP contribution in [-0.2, 0) is 0 Å². The third kappa shape index (κ3) is 1.37. The van der Waals surface area contributed by atoms with Gasteiger partial charge in [0.1, 0.15) is 0 Å². The van der Waals surface area contributed by atoms with Gasteiger partial charge in [0.15, 0.2) is 0 Å². The quantitative estimate of drug-likeness (QED) is 0.756. The van der Waals surface area contributed by atoms with Gasteiger partial charge in [0.2, 0.25) is 5.95 Å². The fourth-order valence-corrected chi connectivity index (χ4v) is 2.30. The van der Waals surface area contributed by atoms with Crippen LogP contribution in [0.4, 0.5) is 5.95 Å². The average Bonchev–Trinajstić information content (AvgIpc) is 2.46. The topological polar surface area (TPSA) is 51.8 Å². The van der Waals surface area contributed by atoms with Crippen molar-refractivity contribution < 1.29 is 0 Å². The van der Waals surface area contributed by atoms with Crippen LogP contribution in [0.1, 0.15) is 25.3 Å². The number of nitrogen functional groups attached to an aromatic ring is 1. The van der Waals surface area contributed by atoms with Crippen molar-refractivity contribution in [2.24, 2.45) is 0 Å². The predicted octanol–water partition coefficient (Wildman–Crippen LogP) is 2.40. The van der Waals surface area contributed by atoms with Gasteiger partial charge in [-0.15, -0.1) is 11.3 Å². The molecule has 2 heterocycles. The largest absolute Gasteiger partial charge is 0.368 e. The van der Waals surface area contributed by atoms with E-state index in [1.807, 2.05) is 0 Å². The van der Waals surface area contributed by atoms with E-state index in [9.17, 15) is 0 Å². The molecule has 68 valence electrons. The molecule has 2 N–H and O–H groups in total. The summed E-state index contributed by atoms with van der Waals surface area (Å²) in [5.74, 6) is 0.843. The second-order valence-corrected chi connectivity index (χ2v) is 4.20. The lowest BCUT2D eigenvalue weighted by Crippen LogP contribution is -1.94. The molecule has 0 radical (unpaired) electrons. The van der Waals surface area contributed by atoms with Gasteiger partial charge in [0, 0.05) is 0 Å². The van der Waals surface area contributed by atoms with Gasteiger partial charge in [0.25, 0.3) is 0 Å². The Morgan fingerprint density at radius 1 is 1.46 bits per heavy atom. The summed E-state index contributed by atoms with van der Waals surface area (Å²) >= 11 is 1.67. The molecule has 0 fully saturated rings. The number of thiophene rings is 1. The molecule has 0 atom stereocenters. The van der Waals surface area contributed by atoms with Crippen LogP contribution < -0.4 is 5.73 Å². The van der Waals surface area contributed by atoms with Crippen LogP contribution in [0.2, 0.25) is 0 Å². The van der Waals surface area contributed by atoms with Crippen LogP contribution in [0, 0.1) is 0 Å². The first-order valence-corrected chi connectivity index (χ1v) is 5.06. The van der Waals surface area contributed by atoms with Crippen molar-refractivity contribution in [3.63, 3.8) is 0 Å². The first-order valence-electron chi connectivity index (χ1n) is 4.18. The van der Waals surface area contributed by atoms with Crippen molar-refractivity contribution >= 4 is 27.5 Å². The summed E-state index contributed by atoms with van der Waals surface area (Å²) in [6, 6.07) is 0. The minimum Gasteiger partial charge on any atom is -0.368 e. The summed E-state index contributed by atoms with van der Waals surface area (Å²) in [5, 5.41) is 2.13. The highest BCUT2D eigenvalue weighted by atomic mass is 32.1. The standard InChI is InChI=1S/C9H11N3S/c1-5(2)6-4-13-7-3-11-9(10)12-8(6)7/h3-5H,1-2H3,(H2,10,11,12). The number of rotatable bonds is 1. The van der Waals surface area contributed by atoms with Crippen molar-refractivity contribution in [3.05, 3.63) is 17.1 Å². The Morgan fingerprint density at radius 3 is 2.92 bits per heavy atom. The van der Waals surface area contributed by atoms with Gasteiger partial charge in [0.05, 0.1) is 16.4 Å². The molecule has 0 aliphatic carbocycles. The van der Waals surface area contributed by atoms with Gasteiger partial charge in [-0.1, -0.05) is 13.8 Å². The molecule has 0 aromatic carbocycles. The van der Waals surface area contributed by atoms with Crippen molar-refractivity contribution in [2.45, 2.75) is 19.8 Å². The molecule has 0 amide bonds. The third-order valence-electron chi connectivity index (χ3n) is 1.98. The summed E-state index contributed by atoms with van der Waals surface area (Å²) in [5.41, 5.74) is 7.80. The van der Waals surface area contributed by atoms with Crippen molar-refractivity contribution in [3.8, 4) is 0 Å². The molecule has 2 aromatic rings. The van der Waals surface area contributed by atoms with E-state index >= 15 is 0 Å². The van der Waals surface area contributed by atoms with Crippen LogP contribution in [0.3, 0.4) is 0 Å². The SMILES string of the molecule is CC(C)c1csc2cnc(N)nc12. The van der Waals surface area contributed by atoms with E-state index in [2.05, 4.69) is 29.2 Å². The van der Waals surface area contributed by atoms with Crippen LogP contribution in [-0.4, -0.2) is 9.97 Å². The minimum absolute atomic E-state index is 0.354. The smallest absolute Gasteiger partial charge is 0.220 e. The molecular formula is C9H11N3S. The van der Waals surface area contributed by atoms with Gasteiger partial charge in [-0.05, 0) is 16.9 Å². The van der Waals surface area contributed by atoms with Gasteiger partial charge >= 0.3 is 0 Å². The molecule has 13 heavy (non-hydrogen) atoms. The first kappa shape index (κ1) is 8.44. The Balaban J connectivity index is 2.71. The lowest BCUT2D eigenvalue weighted by atomic mass is 10.1. The number of anilines is 1. The van der Waals surface area contributed by atoms with Crippen molar-refractivity contribution in [2.75, 3.05) is 5.73 Å². The van der Waals surface area contributed by atoms with E-state index in [0.717, 1.165) is 10.2 Å². The zero-order valence-corrected chi connectivity index (χ0v) is 8.43. The Labute approximate surface area is 80.6 Å². The number of fused-ring (bicyclic) bond motifs is 1. The normalized spacial score (nSPS) is 11.3. The molecule has 0 aliphatic heterocycles. The zero-order valence-electron chi connectivity index (χ0n) is 7.61. The van der Waals surface area contributed by atoms with E-state index in [1.165, 1.54) is 5.56 Å². The second-order valence-electron chi connectivity index (χ2n) is 3.29. The summed E-state index contributed by atoms with van der Waals surface area (Å²) in [4.78, 5) is 8.19. The highest BCUT2D eigenvalue weighted by Gasteiger charge is 2.09. The van der Waals surface area contributed by atoms with E-state index in [4.69, 9.17) is 5.73 Å². The Hall–Kier alpha value is -1.16. The molecule has 0 aliphatic rings. The first-order chi connectivity index (χ1) is 6.18. The fourth-order valence-electron chi connectivity index (χ4n) is 1.27. The molecule has 0 saturated heterocycles. The maximum atomic E-state index is 5.53. The number of hydrogen-bond acceptors (Lipinski definition) is 4. The Kier molecular flexibility index (Phi) is 1.92. The van der Waals surface area contributed by atoms with Crippen LogP contribution in [0.5, 0.6) is 0 Å². The summed E-state index contributed by atoms with van der Waals surface area (Å²) in [7, 11) is 0. The fraction of sp³-hybridized carbons (Fsp3) is 0.333. The predicted molar refractivity (Wildman–Crippen MR) is 55.9 cm³/mol. The Morgan fingerprint density at radius 2 is 2.23 bits per heavy atom. The molecule has 0 spiro atoms. The third-order valence-corrected chi connectivity index (χ3v) is 2.91. The van der Waals surface area contributed by atoms with E-state index in [0.29, 0.717) is 11.9 Å². The summed E-state index contributed by atoms with van der Waals surface area (Å²) < 4.78 is 1.11. The van der Waals surface area contributed by atoms with Crippen LogP contribution in [0.25, 0.3) is 10.2 Å². The van der Waals surface area contributed by atoms with Crippen molar-refractivity contribution in [1.29, 1.82) is 0 Å². The minimum atomic E-state index is 0.354. The molecule has 0 bridgehead atoms. The maximum Gasteiger partial charge on any atom is 0.220 e. The number of nitrogens with two attached hydrogens (primary N) is 1. The Bertz CT molecular complexity index is 433.